The van der Waals surface area contributed by atoms with Crippen LogP contribution in [0.4, 0.5) is 5.69 Å². The molecule has 4 saturated heterocycles. The number of hydrogen-bond donors (Lipinski definition) is 2. The predicted molar refractivity (Wildman–Crippen MR) is 199 cm³/mol. The number of pyridine rings is 2. The lowest BCUT2D eigenvalue weighted by atomic mass is 9.89. The van der Waals surface area contributed by atoms with Gasteiger partial charge in [0.15, 0.2) is 0 Å². The standard InChI is InChI=1S/C38H52N8O4/c47-35-27-25-29(39-9-19-41-11-1-2-12-41)33-31-28(36(48)45(37(33)49)23-21-43-15-5-6-16-43)26-30(40-10-20-42-13-3-4-14-42)34(32(27)31)38(50)46(35)24-22-44-17-7-8-18-44/h25-26,39,47H,1-24H2. The third-order valence-corrected chi connectivity index (χ3v) is 11.8. The molecule has 2 aromatic rings. The van der Waals surface area contributed by atoms with Gasteiger partial charge in [-0.25, -0.2) is 0 Å². The summed E-state index contributed by atoms with van der Waals surface area (Å²) in [6.07, 6.45) is 9.29. The monoisotopic (exact) mass is 684 g/mol. The van der Waals surface area contributed by atoms with Crippen LogP contribution in [-0.2, 0) is 13.1 Å². The first kappa shape index (κ1) is 33.6. The van der Waals surface area contributed by atoms with Crippen LogP contribution in [0.5, 0.6) is 5.88 Å². The van der Waals surface area contributed by atoms with E-state index in [1.807, 2.05) is 6.07 Å². The maximum absolute atomic E-state index is 14.5. The Morgan fingerprint density at radius 2 is 1.10 bits per heavy atom. The van der Waals surface area contributed by atoms with Crippen molar-refractivity contribution in [2.45, 2.75) is 64.5 Å². The quantitative estimate of drug-likeness (QED) is 0.204. The number of nitrogens with zero attached hydrogens (tertiary/aromatic N) is 7. The highest BCUT2D eigenvalue weighted by atomic mass is 16.3. The van der Waals surface area contributed by atoms with Crippen LogP contribution in [0.1, 0.15) is 51.4 Å². The van der Waals surface area contributed by atoms with Crippen molar-refractivity contribution in [1.82, 2.24) is 28.7 Å². The molecule has 1 aromatic carbocycles. The van der Waals surface area contributed by atoms with Crippen LogP contribution in [0.2, 0.25) is 0 Å². The summed E-state index contributed by atoms with van der Waals surface area (Å²) in [6, 6.07) is 3.61. The minimum Gasteiger partial charge on any atom is -0.494 e. The topological polar surface area (TPSA) is 119 Å². The summed E-state index contributed by atoms with van der Waals surface area (Å²) in [6.45, 7) is 12.8. The lowest BCUT2D eigenvalue weighted by Crippen LogP contribution is -2.40. The Bertz CT molecular complexity index is 2020. The van der Waals surface area contributed by atoms with Gasteiger partial charge in [-0.05, 0) is 116 Å². The first-order valence-electron chi connectivity index (χ1n) is 19.2. The van der Waals surface area contributed by atoms with E-state index in [2.05, 4.69) is 24.9 Å². The fourth-order valence-corrected chi connectivity index (χ4v) is 9.00. The number of aromatic hydroxyl groups is 1. The summed E-state index contributed by atoms with van der Waals surface area (Å²) in [7, 11) is 0. The van der Waals surface area contributed by atoms with Crippen LogP contribution in [0.25, 0.3) is 32.7 Å². The Balaban J connectivity index is 1.32. The van der Waals surface area contributed by atoms with E-state index in [-0.39, 0.29) is 22.6 Å². The summed E-state index contributed by atoms with van der Waals surface area (Å²) in [5, 5.41) is 17.7. The number of rotatable bonds is 13. The lowest BCUT2D eigenvalue weighted by Gasteiger charge is -2.24. The van der Waals surface area contributed by atoms with Crippen molar-refractivity contribution in [2.24, 2.45) is 4.99 Å². The van der Waals surface area contributed by atoms with Gasteiger partial charge in [0.1, 0.15) is 0 Å². The molecule has 8 rings (SSSR count). The molecule has 12 nitrogen and oxygen atoms in total. The molecule has 12 heteroatoms. The molecule has 0 amide bonds. The van der Waals surface area contributed by atoms with E-state index in [1.165, 1.54) is 34.8 Å². The maximum atomic E-state index is 14.5. The summed E-state index contributed by atoms with van der Waals surface area (Å²) >= 11 is 0. The van der Waals surface area contributed by atoms with Crippen molar-refractivity contribution in [3.8, 4) is 17.0 Å². The minimum absolute atomic E-state index is 0.118. The van der Waals surface area contributed by atoms with Crippen molar-refractivity contribution < 1.29 is 5.11 Å². The van der Waals surface area contributed by atoms with Gasteiger partial charge in [0.25, 0.3) is 16.7 Å². The lowest BCUT2D eigenvalue weighted by molar-refractivity contribution is 0.308. The van der Waals surface area contributed by atoms with Gasteiger partial charge < -0.3 is 30.0 Å². The second kappa shape index (κ2) is 14.6. The first-order valence-corrected chi connectivity index (χ1v) is 19.2. The second-order valence-corrected chi connectivity index (χ2v) is 15.0. The number of hydrogen-bond acceptors (Lipinski definition) is 10. The average molecular weight is 685 g/mol. The minimum atomic E-state index is -0.354. The Morgan fingerprint density at radius 1 is 0.580 bits per heavy atom. The molecule has 50 heavy (non-hydrogen) atoms. The SMILES string of the molecule is O=c1c2c(=NCCN3CCCC3)cc3c(=O)n(CCN4CCCC4)c(=O)c4c(NCCN5CCCC5)cc(c(O)n1CCN1CCCC1)c2c4-3. The van der Waals surface area contributed by atoms with Gasteiger partial charge in [-0.1, -0.05) is 0 Å². The van der Waals surface area contributed by atoms with Crippen LogP contribution < -0.4 is 27.4 Å². The van der Waals surface area contributed by atoms with Gasteiger partial charge in [0, 0.05) is 67.8 Å². The van der Waals surface area contributed by atoms with Crippen LogP contribution in [0.15, 0.2) is 31.5 Å². The highest BCUT2D eigenvalue weighted by molar-refractivity contribution is 6.18. The van der Waals surface area contributed by atoms with Gasteiger partial charge >= 0.3 is 0 Å². The fraction of sp³-hybridized carbons (Fsp3) is 0.632. The Morgan fingerprint density at radius 3 is 1.70 bits per heavy atom. The molecule has 5 aliphatic heterocycles. The molecular formula is C38H52N8O4. The first-order chi connectivity index (χ1) is 24.5. The van der Waals surface area contributed by atoms with Gasteiger partial charge in [-0.15, -0.1) is 0 Å². The zero-order valence-electron chi connectivity index (χ0n) is 29.4. The van der Waals surface area contributed by atoms with Crippen LogP contribution in [0.3, 0.4) is 0 Å². The molecule has 0 atom stereocenters. The number of aromatic nitrogens is 2. The van der Waals surface area contributed by atoms with Crippen LogP contribution in [-0.4, -0.2) is 125 Å². The molecule has 0 unspecified atom stereocenters. The van der Waals surface area contributed by atoms with Gasteiger partial charge in [-0.2, -0.15) is 0 Å². The highest BCUT2D eigenvalue weighted by Crippen LogP contribution is 2.40. The van der Waals surface area contributed by atoms with Gasteiger partial charge in [0.05, 0.1) is 28.2 Å². The third kappa shape index (κ3) is 6.40. The summed E-state index contributed by atoms with van der Waals surface area (Å²) in [5.41, 5.74) is 0.429. The van der Waals surface area contributed by atoms with E-state index < -0.39 is 0 Å². The molecule has 0 radical (unpaired) electrons. The van der Waals surface area contributed by atoms with Crippen LogP contribution >= 0.6 is 0 Å². The van der Waals surface area contributed by atoms with Crippen molar-refractivity contribution >= 4 is 27.2 Å². The fourth-order valence-electron chi connectivity index (χ4n) is 9.00. The molecule has 1 aliphatic carbocycles. The second-order valence-electron chi connectivity index (χ2n) is 15.0. The van der Waals surface area contributed by atoms with E-state index in [0.29, 0.717) is 83.0 Å². The molecule has 0 spiro atoms. The molecule has 1 aromatic heterocycles. The number of anilines is 1. The normalized spacial score (nSPS) is 20.3. The van der Waals surface area contributed by atoms with Crippen LogP contribution in [0, 0.1) is 0 Å². The van der Waals surface area contributed by atoms with Crippen molar-refractivity contribution in [1.29, 1.82) is 0 Å². The number of likely N-dealkylation sites (tertiary alicyclic amines) is 4. The zero-order valence-corrected chi connectivity index (χ0v) is 29.4. The number of nitrogens with one attached hydrogen (secondary N) is 1. The van der Waals surface area contributed by atoms with Gasteiger partial charge in [0.2, 0.25) is 5.88 Å². The predicted octanol–water partition coefficient (Wildman–Crippen LogP) is 2.06. The molecule has 6 aliphatic rings. The average Bonchev–Trinajstić information content (AvgIpc) is 3.96. The zero-order chi connectivity index (χ0) is 34.2. The highest BCUT2D eigenvalue weighted by Gasteiger charge is 2.30. The molecule has 0 bridgehead atoms. The van der Waals surface area contributed by atoms with E-state index >= 15 is 0 Å². The van der Waals surface area contributed by atoms with E-state index in [4.69, 9.17) is 4.99 Å². The third-order valence-electron chi connectivity index (χ3n) is 11.8. The molecular weight excluding hydrogens is 632 g/mol. The summed E-state index contributed by atoms with van der Waals surface area (Å²) in [4.78, 5) is 57.9. The number of benzene rings is 2. The Labute approximate surface area is 292 Å². The van der Waals surface area contributed by atoms with E-state index in [9.17, 15) is 19.5 Å². The summed E-state index contributed by atoms with van der Waals surface area (Å²) < 4.78 is 2.88. The maximum Gasteiger partial charge on any atom is 0.263 e. The van der Waals surface area contributed by atoms with Crippen molar-refractivity contribution in [3.05, 3.63) is 48.6 Å². The van der Waals surface area contributed by atoms with E-state index in [0.717, 1.165) is 91.1 Å². The van der Waals surface area contributed by atoms with Crippen molar-refractivity contribution in [2.75, 3.05) is 96.9 Å². The smallest absolute Gasteiger partial charge is 0.263 e. The molecule has 0 saturated carbocycles. The Hall–Kier alpha value is -3.58. The van der Waals surface area contributed by atoms with Gasteiger partial charge in [-0.3, -0.25) is 28.5 Å². The largest absolute Gasteiger partial charge is 0.494 e. The molecule has 2 N–H and O–H groups in total. The summed E-state index contributed by atoms with van der Waals surface area (Å²) in [5.74, 6) is -0.118. The molecule has 268 valence electrons. The van der Waals surface area contributed by atoms with E-state index in [1.54, 1.807) is 6.07 Å². The molecule has 6 heterocycles. The Kier molecular flexibility index (Phi) is 9.78. The van der Waals surface area contributed by atoms with Crippen molar-refractivity contribution in [3.63, 3.8) is 0 Å². The molecule has 4 fully saturated rings.